The van der Waals surface area contributed by atoms with Gasteiger partial charge in [0.2, 0.25) is 0 Å². The number of piperidine rings is 1. The van der Waals surface area contributed by atoms with E-state index in [1.54, 1.807) is 0 Å². The van der Waals surface area contributed by atoms with Crippen molar-refractivity contribution >= 4 is 22.4 Å². The molecule has 0 radical (unpaired) electrons. The topological polar surface area (TPSA) is 38.1 Å². The van der Waals surface area contributed by atoms with Crippen molar-refractivity contribution in [3.8, 4) is 0 Å². The van der Waals surface area contributed by atoms with Crippen LogP contribution in [-0.4, -0.2) is 28.7 Å². The molecule has 1 aromatic heterocycles. The van der Waals surface area contributed by atoms with Gasteiger partial charge in [-0.15, -0.1) is 0 Å². The number of aryl methyl sites for hydroxylation is 1. The second-order valence-electron chi connectivity index (χ2n) is 4.54. The standard InChI is InChI=1S/C13H15N3O/c1-15-13-8-11(3-2-10(13)9-14-15)16-6-4-12(17)5-7-16/h2-3,8-9H,4-7H2,1H3. The van der Waals surface area contributed by atoms with E-state index in [0.717, 1.165) is 24.0 Å². The van der Waals surface area contributed by atoms with Crippen LogP contribution in [0.3, 0.4) is 0 Å². The van der Waals surface area contributed by atoms with Crippen molar-refractivity contribution in [3.63, 3.8) is 0 Å². The Morgan fingerprint density at radius 3 is 2.76 bits per heavy atom. The Morgan fingerprint density at radius 1 is 1.24 bits per heavy atom. The molecule has 1 aliphatic heterocycles. The van der Waals surface area contributed by atoms with E-state index in [4.69, 9.17) is 0 Å². The molecule has 0 spiro atoms. The van der Waals surface area contributed by atoms with Crippen LogP contribution in [0.2, 0.25) is 0 Å². The van der Waals surface area contributed by atoms with Gasteiger partial charge in [-0.2, -0.15) is 5.10 Å². The highest BCUT2D eigenvalue weighted by Crippen LogP contribution is 2.23. The molecule has 0 N–H and O–H groups in total. The summed E-state index contributed by atoms with van der Waals surface area (Å²) in [6.07, 6.45) is 3.21. The molecule has 1 fully saturated rings. The smallest absolute Gasteiger partial charge is 0.136 e. The molecule has 0 atom stereocenters. The SMILES string of the molecule is Cn1ncc2ccc(N3CCC(=O)CC3)cc21. The fourth-order valence-electron chi connectivity index (χ4n) is 2.34. The minimum atomic E-state index is 0.378. The van der Waals surface area contributed by atoms with Gasteiger partial charge in [-0.1, -0.05) is 0 Å². The fraction of sp³-hybridized carbons (Fsp3) is 0.385. The number of Topliss-reactive ketones (excluding diaryl/α,β-unsaturated/α-hetero) is 1. The molecular weight excluding hydrogens is 214 g/mol. The van der Waals surface area contributed by atoms with Gasteiger partial charge in [0, 0.05) is 44.1 Å². The highest BCUT2D eigenvalue weighted by atomic mass is 16.1. The summed E-state index contributed by atoms with van der Waals surface area (Å²) in [7, 11) is 1.95. The van der Waals surface area contributed by atoms with Crippen molar-refractivity contribution in [2.24, 2.45) is 7.05 Å². The number of benzene rings is 1. The summed E-state index contributed by atoms with van der Waals surface area (Å²) in [5.41, 5.74) is 2.33. The molecule has 1 aliphatic rings. The molecule has 0 saturated carbocycles. The maximum absolute atomic E-state index is 11.2. The van der Waals surface area contributed by atoms with Gasteiger partial charge in [0.1, 0.15) is 5.78 Å². The molecule has 88 valence electrons. The lowest BCUT2D eigenvalue weighted by molar-refractivity contribution is -0.119. The first kappa shape index (κ1) is 10.3. The molecule has 17 heavy (non-hydrogen) atoms. The summed E-state index contributed by atoms with van der Waals surface area (Å²) in [6.45, 7) is 1.67. The monoisotopic (exact) mass is 229 g/mol. The predicted octanol–water partition coefficient (Wildman–Crippen LogP) is 1.74. The highest BCUT2D eigenvalue weighted by Gasteiger charge is 2.16. The zero-order chi connectivity index (χ0) is 11.8. The van der Waals surface area contributed by atoms with Crippen molar-refractivity contribution in [2.45, 2.75) is 12.8 Å². The maximum atomic E-state index is 11.2. The van der Waals surface area contributed by atoms with E-state index in [1.165, 1.54) is 5.69 Å². The summed E-state index contributed by atoms with van der Waals surface area (Å²) in [5, 5.41) is 5.39. The Morgan fingerprint density at radius 2 is 2.00 bits per heavy atom. The number of hydrogen-bond acceptors (Lipinski definition) is 3. The third-order valence-electron chi connectivity index (χ3n) is 3.42. The quantitative estimate of drug-likeness (QED) is 0.747. The van der Waals surface area contributed by atoms with Crippen LogP contribution < -0.4 is 4.90 Å². The molecule has 0 unspecified atom stereocenters. The number of nitrogens with zero attached hydrogens (tertiary/aromatic N) is 3. The van der Waals surface area contributed by atoms with Crippen LogP contribution in [0, 0.1) is 0 Å². The Balaban J connectivity index is 1.94. The first-order chi connectivity index (χ1) is 8.24. The third-order valence-corrected chi connectivity index (χ3v) is 3.42. The minimum absolute atomic E-state index is 0.378. The van der Waals surface area contributed by atoms with Crippen LogP contribution in [-0.2, 0) is 11.8 Å². The van der Waals surface area contributed by atoms with Crippen molar-refractivity contribution in [1.82, 2.24) is 9.78 Å². The number of carbonyl (C=O) groups is 1. The first-order valence-corrected chi connectivity index (χ1v) is 5.92. The number of carbonyl (C=O) groups excluding carboxylic acids is 1. The van der Waals surface area contributed by atoms with Crippen molar-refractivity contribution in [1.29, 1.82) is 0 Å². The molecule has 1 saturated heterocycles. The first-order valence-electron chi connectivity index (χ1n) is 5.92. The van der Waals surface area contributed by atoms with Gasteiger partial charge in [0.25, 0.3) is 0 Å². The van der Waals surface area contributed by atoms with Gasteiger partial charge < -0.3 is 4.90 Å². The molecule has 0 amide bonds. The Labute approximate surface area is 99.8 Å². The van der Waals surface area contributed by atoms with Gasteiger partial charge in [-0.3, -0.25) is 9.48 Å². The van der Waals surface area contributed by atoms with E-state index < -0.39 is 0 Å². The number of ketones is 1. The number of rotatable bonds is 1. The van der Waals surface area contributed by atoms with E-state index in [1.807, 2.05) is 17.9 Å². The van der Waals surface area contributed by atoms with Gasteiger partial charge in [-0.05, 0) is 18.2 Å². The normalized spacial score (nSPS) is 16.8. The van der Waals surface area contributed by atoms with E-state index in [9.17, 15) is 4.79 Å². The van der Waals surface area contributed by atoms with Crippen molar-refractivity contribution in [2.75, 3.05) is 18.0 Å². The Bertz CT molecular complexity index is 563. The summed E-state index contributed by atoms with van der Waals surface area (Å²) in [6, 6.07) is 6.35. The van der Waals surface area contributed by atoms with Crippen molar-refractivity contribution < 1.29 is 4.79 Å². The van der Waals surface area contributed by atoms with Crippen LogP contribution in [0.4, 0.5) is 5.69 Å². The lowest BCUT2D eigenvalue weighted by atomic mass is 10.1. The Kier molecular flexibility index (Phi) is 2.35. The molecule has 3 rings (SSSR count). The number of fused-ring (bicyclic) bond motifs is 1. The third kappa shape index (κ3) is 1.79. The minimum Gasteiger partial charge on any atom is -0.371 e. The maximum Gasteiger partial charge on any atom is 0.136 e. The van der Waals surface area contributed by atoms with Crippen LogP contribution >= 0.6 is 0 Å². The molecular formula is C13H15N3O. The second-order valence-corrected chi connectivity index (χ2v) is 4.54. The van der Waals surface area contributed by atoms with E-state index in [-0.39, 0.29) is 0 Å². The summed E-state index contributed by atoms with van der Waals surface area (Å²) in [4.78, 5) is 13.5. The molecule has 0 bridgehead atoms. The van der Waals surface area contributed by atoms with Crippen LogP contribution in [0.15, 0.2) is 24.4 Å². The lowest BCUT2D eigenvalue weighted by Gasteiger charge is -2.28. The van der Waals surface area contributed by atoms with E-state index >= 15 is 0 Å². The lowest BCUT2D eigenvalue weighted by Crippen LogP contribution is -2.33. The molecule has 1 aromatic carbocycles. The summed E-state index contributed by atoms with van der Waals surface area (Å²) < 4.78 is 1.88. The Hall–Kier alpha value is -1.84. The highest BCUT2D eigenvalue weighted by molar-refractivity contribution is 5.84. The van der Waals surface area contributed by atoms with E-state index in [2.05, 4.69) is 28.2 Å². The van der Waals surface area contributed by atoms with Crippen LogP contribution in [0.1, 0.15) is 12.8 Å². The zero-order valence-corrected chi connectivity index (χ0v) is 9.89. The van der Waals surface area contributed by atoms with Gasteiger partial charge >= 0.3 is 0 Å². The predicted molar refractivity (Wildman–Crippen MR) is 67.2 cm³/mol. The number of aromatic nitrogens is 2. The van der Waals surface area contributed by atoms with Gasteiger partial charge in [0.15, 0.2) is 0 Å². The van der Waals surface area contributed by atoms with E-state index in [0.29, 0.717) is 18.6 Å². The van der Waals surface area contributed by atoms with Gasteiger partial charge in [0.05, 0.1) is 11.7 Å². The zero-order valence-electron chi connectivity index (χ0n) is 9.89. The fourth-order valence-corrected chi connectivity index (χ4v) is 2.34. The number of anilines is 1. The molecule has 4 heteroatoms. The average Bonchev–Trinajstić information content (AvgIpc) is 2.72. The molecule has 0 aliphatic carbocycles. The summed E-state index contributed by atoms with van der Waals surface area (Å²) in [5.74, 6) is 0.378. The molecule has 2 heterocycles. The summed E-state index contributed by atoms with van der Waals surface area (Å²) >= 11 is 0. The van der Waals surface area contributed by atoms with Crippen molar-refractivity contribution in [3.05, 3.63) is 24.4 Å². The second kappa shape index (κ2) is 3.87. The van der Waals surface area contributed by atoms with Crippen LogP contribution in [0.25, 0.3) is 10.9 Å². The molecule has 4 nitrogen and oxygen atoms in total. The average molecular weight is 229 g/mol. The largest absolute Gasteiger partial charge is 0.371 e. The van der Waals surface area contributed by atoms with Gasteiger partial charge in [-0.25, -0.2) is 0 Å². The molecule has 2 aromatic rings. The van der Waals surface area contributed by atoms with Crippen LogP contribution in [0.5, 0.6) is 0 Å². The number of hydrogen-bond donors (Lipinski definition) is 0.